The molecule has 0 aliphatic carbocycles. The maximum absolute atomic E-state index is 12.5. The van der Waals surface area contributed by atoms with Gasteiger partial charge in [-0.05, 0) is 49.7 Å². The number of primary amides is 1. The first-order valence-corrected chi connectivity index (χ1v) is 7.49. The summed E-state index contributed by atoms with van der Waals surface area (Å²) in [6, 6.07) is 9.93. The minimum absolute atomic E-state index is 0.316. The molecule has 0 atom stereocenters. The fourth-order valence-electron chi connectivity index (χ4n) is 2.32. The summed E-state index contributed by atoms with van der Waals surface area (Å²) >= 11 is 0. The van der Waals surface area contributed by atoms with E-state index in [-0.39, 0.29) is 5.91 Å². The molecule has 0 bridgehead atoms. The van der Waals surface area contributed by atoms with Gasteiger partial charge in [0.05, 0.1) is 13.7 Å². The number of nitrogens with two attached hydrogens (primary N) is 1. The Morgan fingerprint density at radius 1 is 1.17 bits per heavy atom. The van der Waals surface area contributed by atoms with Gasteiger partial charge in [-0.1, -0.05) is 6.07 Å². The van der Waals surface area contributed by atoms with Crippen molar-refractivity contribution in [3.63, 3.8) is 0 Å². The maximum atomic E-state index is 12.5. The number of rotatable bonds is 6. The molecular weight excluding hydrogens is 308 g/mol. The van der Waals surface area contributed by atoms with Crippen LogP contribution in [0.4, 0.5) is 5.69 Å². The Bertz CT molecular complexity index is 772. The number of amides is 2. The zero-order valence-corrected chi connectivity index (χ0v) is 13.9. The van der Waals surface area contributed by atoms with Gasteiger partial charge in [-0.15, -0.1) is 0 Å². The van der Waals surface area contributed by atoms with Crippen molar-refractivity contribution >= 4 is 17.5 Å². The van der Waals surface area contributed by atoms with E-state index in [1.165, 1.54) is 7.11 Å². The lowest BCUT2D eigenvalue weighted by Crippen LogP contribution is -2.17. The van der Waals surface area contributed by atoms with Crippen molar-refractivity contribution in [1.82, 2.24) is 0 Å². The van der Waals surface area contributed by atoms with Gasteiger partial charge in [0.2, 0.25) is 5.91 Å². The van der Waals surface area contributed by atoms with Crippen molar-refractivity contribution < 1.29 is 19.1 Å². The minimum atomic E-state index is -0.535. The van der Waals surface area contributed by atoms with Crippen LogP contribution in [0.15, 0.2) is 36.4 Å². The SMILES string of the molecule is CCOc1cc(C(=O)Nc2cccc(C(N)=O)c2C)ccc1OC. The van der Waals surface area contributed by atoms with E-state index in [9.17, 15) is 9.59 Å². The van der Waals surface area contributed by atoms with Gasteiger partial charge >= 0.3 is 0 Å². The van der Waals surface area contributed by atoms with Crippen LogP contribution in [0, 0.1) is 6.92 Å². The van der Waals surface area contributed by atoms with Gasteiger partial charge in [0.15, 0.2) is 11.5 Å². The van der Waals surface area contributed by atoms with Gasteiger partial charge in [0.25, 0.3) is 5.91 Å². The van der Waals surface area contributed by atoms with E-state index in [0.717, 1.165) is 0 Å². The number of benzene rings is 2. The fourth-order valence-corrected chi connectivity index (χ4v) is 2.32. The number of carbonyl (C=O) groups excluding carboxylic acids is 2. The molecule has 126 valence electrons. The van der Waals surface area contributed by atoms with Crippen LogP contribution >= 0.6 is 0 Å². The molecule has 2 aromatic carbocycles. The highest BCUT2D eigenvalue weighted by atomic mass is 16.5. The Morgan fingerprint density at radius 3 is 2.54 bits per heavy atom. The van der Waals surface area contributed by atoms with Crippen LogP contribution in [0.5, 0.6) is 11.5 Å². The highest BCUT2D eigenvalue weighted by Crippen LogP contribution is 2.28. The van der Waals surface area contributed by atoms with Gasteiger partial charge in [-0.2, -0.15) is 0 Å². The molecule has 0 aliphatic rings. The van der Waals surface area contributed by atoms with Crippen molar-refractivity contribution in [2.24, 2.45) is 5.73 Å². The molecule has 2 rings (SSSR count). The summed E-state index contributed by atoms with van der Waals surface area (Å²) < 4.78 is 10.7. The third-order valence-corrected chi connectivity index (χ3v) is 3.57. The Morgan fingerprint density at radius 2 is 1.92 bits per heavy atom. The molecule has 0 unspecified atom stereocenters. The standard InChI is InChI=1S/C18H20N2O4/c1-4-24-16-10-12(8-9-15(16)23-3)18(22)20-14-7-5-6-13(11(14)2)17(19)21/h5-10H,4H2,1-3H3,(H2,19,21)(H,20,22). The quantitative estimate of drug-likeness (QED) is 0.853. The van der Waals surface area contributed by atoms with Crippen LogP contribution < -0.4 is 20.5 Å². The molecule has 6 heteroatoms. The van der Waals surface area contributed by atoms with E-state index in [4.69, 9.17) is 15.2 Å². The molecule has 6 nitrogen and oxygen atoms in total. The predicted octanol–water partition coefficient (Wildman–Crippen LogP) is 2.75. The fraction of sp³-hybridized carbons (Fsp3) is 0.222. The van der Waals surface area contributed by atoms with Crippen molar-refractivity contribution in [1.29, 1.82) is 0 Å². The number of nitrogens with one attached hydrogen (secondary N) is 1. The molecule has 0 aliphatic heterocycles. The lowest BCUT2D eigenvalue weighted by Gasteiger charge is -2.13. The Balaban J connectivity index is 2.29. The summed E-state index contributed by atoms with van der Waals surface area (Å²) in [5.41, 5.74) is 7.28. The molecular formula is C18H20N2O4. The van der Waals surface area contributed by atoms with Crippen molar-refractivity contribution in [3.8, 4) is 11.5 Å². The second-order valence-electron chi connectivity index (χ2n) is 5.10. The second kappa shape index (κ2) is 7.50. The monoisotopic (exact) mass is 328 g/mol. The summed E-state index contributed by atoms with van der Waals surface area (Å²) in [5.74, 6) is 0.200. The average molecular weight is 328 g/mol. The molecule has 0 heterocycles. The normalized spacial score (nSPS) is 10.1. The lowest BCUT2D eigenvalue weighted by atomic mass is 10.1. The van der Waals surface area contributed by atoms with E-state index in [0.29, 0.717) is 40.5 Å². The lowest BCUT2D eigenvalue weighted by molar-refractivity contribution is 0.0995. The first-order valence-electron chi connectivity index (χ1n) is 7.49. The minimum Gasteiger partial charge on any atom is -0.493 e. The van der Waals surface area contributed by atoms with E-state index in [1.807, 2.05) is 6.92 Å². The Kier molecular flexibility index (Phi) is 5.42. The third-order valence-electron chi connectivity index (χ3n) is 3.57. The van der Waals surface area contributed by atoms with Gasteiger partial charge in [0.1, 0.15) is 0 Å². The molecule has 3 N–H and O–H groups in total. The predicted molar refractivity (Wildman–Crippen MR) is 91.8 cm³/mol. The molecule has 0 aromatic heterocycles. The molecule has 0 spiro atoms. The number of hydrogen-bond acceptors (Lipinski definition) is 4. The van der Waals surface area contributed by atoms with Crippen LogP contribution in [0.2, 0.25) is 0 Å². The van der Waals surface area contributed by atoms with Crippen LogP contribution in [-0.2, 0) is 0 Å². The Labute approximate surface area is 140 Å². The number of carbonyl (C=O) groups is 2. The summed E-state index contributed by atoms with van der Waals surface area (Å²) in [6.45, 7) is 4.04. The number of hydrogen-bond donors (Lipinski definition) is 2. The Hall–Kier alpha value is -3.02. The summed E-state index contributed by atoms with van der Waals surface area (Å²) in [7, 11) is 1.54. The summed E-state index contributed by atoms with van der Waals surface area (Å²) in [5, 5.41) is 2.79. The number of anilines is 1. The zero-order valence-electron chi connectivity index (χ0n) is 13.9. The van der Waals surface area contributed by atoms with E-state index in [2.05, 4.69) is 5.32 Å². The molecule has 0 radical (unpaired) electrons. The van der Waals surface area contributed by atoms with Gasteiger partial charge in [-0.3, -0.25) is 9.59 Å². The van der Waals surface area contributed by atoms with Crippen molar-refractivity contribution in [3.05, 3.63) is 53.1 Å². The molecule has 2 amide bonds. The highest BCUT2D eigenvalue weighted by Gasteiger charge is 2.14. The first kappa shape index (κ1) is 17.3. The zero-order chi connectivity index (χ0) is 17.7. The number of ether oxygens (including phenoxy) is 2. The number of methoxy groups -OCH3 is 1. The van der Waals surface area contributed by atoms with Gasteiger partial charge in [-0.25, -0.2) is 0 Å². The molecule has 0 saturated carbocycles. The molecule has 2 aromatic rings. The van der Waals surface area contributed by atoms with Crippen LogP contribution in [0.1, 0.15) is 33.2 Å². The van der Waals surface area contributed by atoms with E-state index < -0.39 is 5.91 Å². The maximum Gasteiger partial charge on any atom is 0.255 e. The molecule has 0 saturated heterocycles. The summed E-state index contributed by atoms with van der Waals surface area (Å²) in [6.07, 6.45) is 0. The van der Waals surface area contributed by atoms with E-state index >= 15 is 0 Å². The average Bonchev–Trinajstić information content (AvgIpc) is 2.56. The largest absolute Gasteiger partial charge is 0.493 e. The second-order valence-corrected chi connectivity index (χ2v) is 5.10. The van der Waals surface area contributed by atoms with Crippen LogP contribution in [0.25, 0.3) is 0 Å². The topological polar surface area (TPSA) is 90.6 Å². The molecule has 24 heavy (non-hydrogen) atoms. The van der Waals surface area contributed by atoms with Crippen molar-refractivity contribution in [2.45, 2.75) is 13.8 Å². The third kappa shape index (κ3) is 3.65. The van der Waals surface area contributed by atoms with Gasteiger partial charge in [0, 0.05) is 16.8 Å². The first-order chi connectivity index (χ1) is 11.5. The van der Waals surface area contributed by atoms with Crippen molar-refractivity contribution in [2.75, 3.05) is 19.0 Å². The van der Waals surface area contributed by atoms with Gasteiger partial charge < -0.3 is 20.5 Å². The highest BCUT2D eigenvalue weighted by molar-refractivity contribution is 6.06. The smallest absolute Gasteiger partial charge is 0.255 e. The van der Waals surface area contributed by atoms with Crippen LogP contribution in [0.3, 0.4) is 0 Å². The van der Waals surface area contributed by atoms with E-state index in [1.54, 1.807) is 43.3 Å². The summed E-state index contributed by atoms with van der Waals surface area (Å²) in [4.78, 5) is 23.9. The molecule has 0 fully saturated rings. The van der Waals surface area contributed by atoms with Crippen LogP contribution in [-0.4, -0.2) is 25.5 Å².